The zero-order valence-corrected chi connectivity index (χ0v) is 13.1. The fourth-order valence-corrected chi connectivity index (χ4v) is 2.39. The average Bonchev–Trinajstić information content (AvgIpc) is 2.75. The molecule has 0 bridgehead atoms. The Morgan fingerprint density at radius 3 is 2.65 bits per heavy atom. The molecule has 0 aliphatic rings. The predicted molar refractivity (Wildman–Crippen MR) is 85.0 cm³/mol. The monoisotopic (exact) mass is 274 g/mol. The van der Waals surface area contributed by atoms with E-state index in [1.165, 1.54) is 16.5 Å². The number of nitrogens with one attached hydrogen (secondary N) is 1. The zero-order chi connectivity index (χ0) is 14.6. The minimum Gasteiger partial charge on any atom is -0.385 e. The Hall–Kier alpha value is -1.32. The number of hydrogen-bond acceptors (Lipinski definition) is 2. The van der Waals surface area contributed by atoms with Crippen molar-refractivity contribution in [1.29, 1.82) is 0 Å². The molecule has 0 spiro atoms. The van der Waals surface area contributed by atoms with Crippen molar-refractivity contribution in [3.63, 3.8) is 0 Å². The minimum absolute atomic E-state index is 0.138. The summed E-state index contributed by atoms with van der Waals surface area (Å²) in [5, 5.41) is 4.92. The molecule has 1 aromatic heterocycles. The topological polar surface area (TPSA) is 26.2 Å². The van der Waals surface area contributed by atoms with Crippen LogP contribution in [0.3, 0.4) is 0 Å². The largest absolute Gasteiger partial charge is 0.385 e. The van der Waals surface area contributed by atoms with Crippen LogP contribution in [0.25, 0.3) is 10.9 Å². The number of aryl methyl sites for hydroxylation is 1. The van der Waals surface area contributed by atoms with Crippen molar-refractivity contribution in [2.75, 3.05) is 13.7 Å². The second kappa shape index (κ2) is 6.42. The van der Waals surface area contributed by atoms with Gasteiger partial charge in [0.25, 0.3) is 0 Å². The molecule has 0 saturated carbocycles. The van der Waals surface area contributed by atoms with Gasteiger partial charge in [-0.1, -0.05) is 18.2 Å². The zero-order valence-electron chi connectivity index (χ0n) is 13.1. The lowest BCUT2D eigenvalue weighted by atomic mass is 10.1. The van der Waals surface area contributed by atoms with Crippen molar-refractivity contribution in [3.8, 4) is 0 Å². The van der Waals surface area contributed by atoms with Crippen molar-refractivity contribution in [2.24, 2.45) is 0 Å². The number of benzene rings is 1. The molecular formula is C17H26N2O. The molecule has 20 heavy (non-hydrogen) atoms. The van der Waals surface area contributed by atoms with Crippen LogP contribution in [-0.2, 0) is 17.8 Å². The Morgan fingerprint density at radius 2 is 1.95 bits per heavy atom. The number of nitrogens with zero attached hydrogens (tertiary/aromatic N) is 1. The van der Waals surface area contributed by atoms with Crippen LogP contribution in [-0.4, -0.2) is 23.8 Å². The molecular weight excluding hydrogens is 248 g/mol. The molecule has 2 rings (SSSR count). The third-order valence-corrected chi connectivity index (χ3v) is 3.43. The number of aromatic nitrogens is 1. The quantitative estimate of drug-likeness (QED) is 0.815. The van der Waals surface area contributed by atoms with E-state index in [0.717, 1.165) is 26.1 Å². The lowest BCUT2D eigenvalue weighted by Gasteiger charge is -2.20. The van der Waals surface area contributed by atoms with Crippen LogP contribution in [0.4, 0.5) is 0 Å². The molecule has 0 aliphatic heterocycles. The number of fused-ring (bicyclic) bond motifs is 1. The van der Waals surface area contributed by atoms with Gasteiger partial charge in [-0.15, -0.1) is 0 Å². The van der Waals surface area contributed by atoms with E-state index < -0.39 is 0 Å². The standard InChI is InChI=1S/C17H26N2O/c1-17(2,3)18-12-14-13-19(10-7-11-20-4)16-9-6-5-8-15(14)16/h5-6,8-9,13,18H,7,10-12H2,1-4H3. The first-order chi connectivity index (χ1) is 9.51. The summed E-state index contributed by atoms with van der Waals surface area (Å²) in [6.45, 7) is 9.31. The van der Waals surface area contributed by atoms with E-state index in [1.807, 2.05) is 0 Å². The summed E-state index contributed by atoms with van der Waals surface area (Å²) in [5.74, 6) is 0. The van der Waals surface area contributed by atoms with Crippen LogP contribution < -0.4 is 5.32 Å². The van der Waals surface area contributed by atoms with Gasteiger partial charge in [0, 0.05) is 49.4 Å². The lowest BCUT2D eigenvalue weighted by molar-refractivity contribution is 0.190. The second-order valence-corrected chi connectivity index (χ2v) is 6.31. The number of rotatable bonds is 6. The van der Waals surface area contributed by atoms with Gasteiger partial charge in [-0.05, 0) is 38.8 Å². The van der Waals surface area contributed by atoms with E-state index in [4.69, 9.17) is 4.74 Å². The molecule has 3 nitrogen and oxygen atoms in total. The highest BCUT2D eigenvalue weighted by atomic mass is 16.5. The fourth-order valence-electron chi connectivity index (χ4n) is 2.39. The summed E-state index contributed by atoms with van der Waals surface area (Å²) < 4.78 is 7.49. The Bertz CT molecular complexity index is 552. The van der Waals surface area contributed by atoms with Gasteiger partial charge in [0.2, 0.25) is 0 Å². The van der Waals surface area contributed by atoms with Crippen LogP contribution in [0.1, 0.15) is 32.8 Å². The van der Waals surface area contributed by atoms with E-state index >= 15 is 0 Å². The number of methoxy groups -OCH3 is 1. The van der Waals surface area contributed by atoms with Crippen LogP contribution in [0, 0.1) is 0 Å². The SMILES string of the molecule is COCCCn1cc(CNC(C)(C)C)c2ccccc21. The molecule has 0 atom stereocenters. The van der Waals surface area contributed by atoms with Crippen LogP contribution in [0.5, 0.6) is 0 Å². The molecule has 110 valence electrons. The third kappa shape index (κ3) is 3.84. The maximum absolute atomic E-state index is 5.15. The average molecular weight is 274 g/mol. The fraction of sp³-hybridized carbons (Fsp3) is 0.529. The summed E-state index contributed by atoms with van der Waals surface area (Å²) in [5.41, 5.74) is 2.82. The van der Waals surface area contributed by atoms with Crippen molar-refractivity contribution in [1.82, 2.24) is 9.88 Å². The molecule has 0 aliphatic carbocycles. The molecule has 0 saturated heterocycles. The highest BCUT2D eigenvalue weighted by Crippen LogP contribution is 2.22. The highest BCUT2D eigenvalue weighted by Gasteiger charge is 2.12. The molecule has 1 N–H and O–H groups in total. The number of ether oxygens (including phenoxy) is 1. The Kier molecular flexibility index (Phi) is 4.84. The summed E-state index contributed by atoms with van der Waals surface area (Å²) in [4.78, 5) is 0. The van der Waals surface area contributed by atoms with Gasteiger partial charge in [-0.25, -0.2) is 0 Å². The van der Waals surface area contributed by atoms with E-state index in [0.29, 0.717) is 0 Å². The Morgan fingerprint density at radius 1 is 1.20 bits per heavy atom. The maximum Gasteiger partial charge on any atom is 0.0483 e. The van der Waals surface area contributed by atoms with Gasteiger partial charge in [0.1, 0.15) is 0 Å². The molecule has 2 aromatic rings. The molecule has 3 heteroatoms. The van der Waals surface area contributed by atoms with Gasteiger partial charge in [-0.2, -0.15) is 0 Å². The first kappa shape index (κ1) is 15.1. The summed E-state index contributed by atoms with van der Waals surface area (Å²) >= 11 is 0. The second-order valence-electron chi connectivity index (χ2n) is 6.31. The highest BCUT2D eigenvalue weighted by molar-refractivity contribution is 5.83. The van der Waals surface area contributed by atoms with Crippen molar-refractivity contribution >= 4 is 10.9 Å². The smallest absolute Gasteiger partial charge is 0.0483 e. The summed E-state index contributed by atoms with van der Waals surface area (Å²) in [6, 6.07) is 8.63. The lowest BCUT2D eigenvalue weighted by Crippen LogP contribution is -2.34. The molecule has 1 aromatic carbocycles. The summed E-state index contributed by atoms with van der Waals surface area (Å²) in [7, 11) is 1.76. The predicted octanol–water partition coefficient (Wildman–Crippen LogP) is 3.57. The minimum atomic E-state index is 0.138. The third-order valence-electron chi connectivity index (χ3n) is 3.43. The number of para-hydroxylation sites is 1. The van der Waals surface area contributed by atoms with Crippen molar-refractivity contribution in [3.05, 3.63) is 36.0 Å². The van der Waals surface area contributed by atoms with Gasteiger partial charge >= 0.3 is 0 Å². The normalized spacial score (nSPS) is 12.2. The van der Waals surface area contributed by atoms with E-state index in [9.17, 15) is 0 Å². The number of hydrogen-bond donors (Lipinski definition) is 1. The molecule has 0 amide bonds. The van der Waals surface area contributed by atoms with Crippen molar-refractivity contribution < 1.29 is 4.74 Å². The van der Waals surface area contributed by atoms with Crippen LogP contribution in [0.15, 0.2) is 30.5 Å². The Labute approximate surface area is 121 Å². The van der Waals surface area contributed by atoms with E-state index in [-0.39, 0.29) is 5.54 Å². The van der Waals surface area contributed by atoms with E-state index in [2.05, 4.69) is 61.1 Å². The van der Waals surface area contributed by atoms with Gasteiger partial charge < -0.3 is 14.6 Å². The molecule has 0 radical (unpaired) electrons. The Balaban J connectivity index is 2.21. The van der Waals surface area contributed by atoms with Crippen molar-refractivity contribution in [2.45, 2.75) is 45.8 Å². The first-order valence-electron chi connectivity index (χ1n) is 7.32. The molecule has 1 heterocycles. The van der Waals surface area contributed by atoms with Gasteiger partial charge in [0.15, 0.2) is 0 Å². The molecule has 0 fully saturated rings. The van der Waals surface area contributed by atoms with Gasteiger partial charge in [-0.3, -0.25) is 0 Å². The maximum atomic E-state index is 5.15. The summed E-state index contributed by atoms with van der Waals surface area (Å²) in [6.07, 6.45) is 3.32. The van der Waals surface area contributed by atoms with Crippen LogP contribution >= 0.6 is 0 Å². The van der Waals surface area contributed by atoms with Crippen LogP contribution in [0.2, 0.25) is 0 Å². The molecule has 0 unspecified atom stereocenters. The van der Waals surface area contributed by atoms with E-state index in [1.54, 1.807) is 7.11 Å². The first-order valence-corrected chi connectivity index (χ1v) is 7.32. The van der Waals surface area contributed by atoms with Gasteiger partial charge in [0.05, 0.1) is 0 Å².